The van der Waals surface area contributed by atoms with Crippen molar-refractivity contribution in [2.24, 2.45) is 10.8 Å². The summed E-state index contributed by atoms with van der Waals surface area (Å²) in [5.74, 6) is -0.821. The summed E-state index contributed by atoms with van der Waals surface area (Å²) in [6, 6.07) is 4.49. The van der Waals surface area contributed by atoms with Gasteiger partial charge in [-0.1, -0.05) is 41.5 Å². The average Bonchev–Trinajstić information content (AvgIpc) is 2.45. The topological polar surface area (TPSA) is 81.7 Å². The number of ether oxygens (including phenoxy) is 2. The molecule has 150 valence electrons. The molecule has 0 saturated heterocycles. The normalized spacial score (nSPS) is 11.8. The van der Waals surface area contributed by atoms with E-state index in [4.69, 9.17) is 9.47 Å². The minimum atomic E-state index is -0.450. The number of likely N-dealkylation sites (N-methyl/N-ethyl adjacent to an activating group) is 1. The molecule has 0 bridgehead atoms. The Morgan fingerprint density at radius 2 is 1.33 bits per heavy atom. The van der Waals surface area contributed by atoms with Crippen LogP contribution < -0.4 is 14.8 Å². The van der Waals surface area contributed by atoms with E-state index in [2.05, 4.69) is 5.32 Å². The molecule has 1 N–H and O–H groups in total. The average molecular weight is 377 g/mol. The summed E-state index contributed by atoms with van der Waals surface area (Å²) in [4.78, 5) is 36.5. The van der Waals surface area contributed by atoms with E-state index in [-0.39, 0.29) is 47.5 Å². The molecule has 0 aliphatic heterocycles. The van der Waals surface area contributed by atoms with Gasteiger partial charge in [0.2, 0.25) is 0 Å². The molecule has 0 unspecified atom stereocenters. The molecule has 0 aromatic heterocycles. The summed E-state index contributed by atoms with van der Waals surface area (Å²) < 4.78 is 10.8. The van der Waals surface area contributed by atoms with Crippen molar-refractivity contribution in [3.63, 3.8) is 0 Å². The quantitative estimate of drug-likeness (QED) is 0.442. The Morgan fingerprint density at radius 3 is 1.78 bits per heavy atom. The second-order valence-electron chi connectivity index (χ2n) is 9.04. The summed E-state index contributed by atoms with van der Waals surface area (Å²) in [6.45, 7) is 11.7. The SMILES string of the molecule is CNCC(=O)c1ccc(OC(=O)CC(C)(C)C)c(OC(=O)CC(C)(C)C)c1. The Kier molecular flexibility index (Phi) is 7.72. The van der Waals surface area contributed by atoms with Gasteiger partial charge in [0.25, 0.3) is 0 Å². The zero-order valence-electron chi connectivity index (χ0n) is 17.4. The second kappa shape index (κ2) is 9.13. The molecule has 0 aliphatic carbocycles. The predicted molar refractivity (Wildman–Crippen MR) is 104 cm³/mol. The molecule has 1 rings (SSSR count). The molecule has 0 atom stereocenters. The maximum atomic E-state index is 12.2. The van der Waals surface area contributed by atoms with Gasteiger partial charge in [-0.2, -0.15) is 0 Å². The first kappa shape index (κ1) is 22.8. The van der Waals surface area contributed by atoms with Gasteiger partial charge < -0.3 is 14.8 Å². The van der Waals surface area contributed by atoms with E-state index in [9.17, 15) is 14.4 Å². The van der Waals surface area contributed by atoms with Crippen molar-refractivity contribution in [1.29, 1.82) is 0 Å². The lowest BCUT2D eigenvalue weighted by atomic mass is 9.92. The largest absolute Gasteiger partial charge is 0.422 e. The first-order chi connectivity index (χ1) is 12.3. The third-order valence-corrected chi connectivity index (χ3v) is 3.40. The van der Waals surface area contributed by atoms with Crippen LogP contribution in [0.15, 0.2) is 18.2 Å². The zero-order chi connectivity index (χ0) is 20.8. The number of rotatable bonds is 7. The maximum absolute atomic E-state index is 12.2. The fraction of sp³-hybridized carbons (Fsp3) is 0.571. The Morgan fingerprint density at radius 1 is 0.852 bits per heavy atom. The second-order valence-corrected chi connectivity index (χ2v) is 9.04. The molecule has 0 spiro atoms. The Bertz CT molecular complexity index is 696. The highest BCUT2D eigenvalue weighted by Gasteiger charge is 2.23. The van der Waals surface area contributed by atoms with E-state index in [1.54, 1.807) is 13.1 Å². The molecular weight excluding hydrogens is 346 g/mol. The number of esters is 2. The molecule has 6 heteroatoms. The molecule has 0 fully saturated rings. The van der Waals surface area contributed by atoms with Crippen LogP contribution in [-0.4, -0.2) is 31.3 Å². The minimum Gasteiger partial charge on any atom is -0.422 e. The van der Waals surface area contributed by atoms with Crippen LogP contribution in [0.2, 0.25) is 0 Å². The number of benzene rings is 1. The van der Waals surface area contributed by atoms with Crippen LogP contribution in [0.5, 0.6) is 11.5 Å². The van der Waals surface area contributed by atoms with Gasteiger partial charge in [-0.15, -0.1) is 0 Å². The number of hydrogen-bond acceptors (Lipinski definition) is 6. The van der Waals surface area contributed by atoms with Crippen LogP contribution in [0, 0.1) is 10.8 Å². The van der Waals surface area contributed by atoms with Crippen LogP contribution in [0.25, 0.3) is 0 Å². The van der Waals surface area contributed by atoms with E-state index in [1.165, 1.54) is 12.1 Å². The van der Waals surface area contributed by atoms with E-state index in [0.29, 0.717) is 5.56 Å². The van der Waals surface area contributed by atoms with Crippen molar-refractivity contribution in [2.75, 3.05) is 13.6 Å². The van der Waals surface area contributed by atoms with Crippen molar-refractivity contribution in [3.8, 4) is 11.5 Å². The molecule has 0 aliphatic rings. The van der Waals surface area contributed by atoms with Crippen molar-refractivity contribution >= 4 is 17.7 Å². The molecule has 0 saturated carbocycles. The number of ketones is 1. The Hall–Kier alpha value is -2.21. The molecule has 0 radical (unpaired) electrons. The Labute approximate surface area is 161 Å². The highest BCUT2D eigenvalue weighted by atomic mass is 16.6. The van der Waals surface area contributed by atoms with Crippen molar-refractivity contribution in [3.05, 3.63) is 23.8 Å². The van der Waals surface area contributed by atoms with E-state index < -0.39 is 11.9 Å². The zero-order valence-corrected chi connectivity index (χ0v) is 17.4. The van der Waals surface area contributed by atoms with Gasteiger partial charge in [-0.05, 0) is 36.1 Å². The predicted octanol–water partition coefficient (Wildman–Crippen LogP) is 3.77. The fourth-order valence-corrected chi connectivity index (χ4v) is 2.29. The highest BCUT2D eigenvalue weighted by Crippen LogP contribution is 2.31. The smallest absolute Gasteiger partial charge is 0.311 e. The van der Waals surface area contributed by atoms with Crippen molar-refractivity contribution in [2.45, 2.75) is 54.4 Å². The van der Waals surface area contributed by atoms with E-state index >= 15 is 0 Å². The first-order valence-corrected chi connectivity index (χ1v) is 9.04. The molecular formula is C21H31NO5. The summed E-state index contributed by atoms with van der Waals surface area (Å²) in [6.07, 6.45) is 0.403. The molecule has 0 amide bonds. The third-order valence-electron chi connectivity index (χ3n) is 3.40. The van der Waals surface area contributed by atoms with Crippen LogP contribution in [-0.2, 0) is 9.59 Å². The molecule has 6 nitrogen and oxygen atoms in total. The van der Waals surface area contributed by atoms with Gasteiger partial charge in [0.15, 0.2) is 17.3 Å². The molecule has 1 aromatic carbocycles. The summed E-state index contributed by atoms with van der Waals surface area (Å²) >= 11 is 0. The van der Waals surface area contributed by atoms with Gasteiger partial charge in [-0.3, -0.25) is 14.4 Å². The van der Waals surface area contributed by atoms with Crippen LogP contribution >= 0.6 is 0 Å². The van der Waals surface area contributed by atoms with Crippen LogP contribution in [0.1, 0.15) is 64.7 Å². The maximum Gasteiger partial charge on any atom is 0.311 e. The van der Waals surface area contributed by atoms with Gasteiger partial charge in [0.1, 0.15) is 0 Å². The van der Waals surface area contributed by atoms with Gasteiger partial charge in [-0.25, -0.2) is 0 Å². The summed E-state index contributed by atoms with van der Waals surface area (Å²) in [7, 11) is 1.67. The number of carbonyl (C=O) groups excluding carboxylic acids is 3. The van der Waals surface area contributed by atoms with Gasteiger partial charge >= 0.3 is 11.9 Å². The lowest BCUT2D eigenvalue weighted by Crippen LogP contribution is -2.21. The highest BCUT2D eigenvalue weighted by molar-refractivity contribution is 5.98. The van der Waals surface area contributed by atoms with Crippen LogP contribution in [0.4, 0.5) is 0 Å². The lowest BCUT2D eigenvalue weighted by Gasteiger charge is -2.19. The summed E-state index contributed by atoms with van der Waals surface area (Å²) in [5.41, 5.74) is -0.110. The molecule has 1 aromatic rings. The Balaban J connectivity index is 3.11. The number of carbonyl (C=O) groups is 3. The van der Waals surface area contributed by atoms with E-state index in [1.807, 2.05) is 41.5 Å². The number of nitrogens with one attached hydrogen (secondary N) is 1. The van der Waals surface area contributed by atoms with E-state index in [0.717, 1.165) is 0 Å². The third kappa shape index (κ3) is 8.82. The summed E-state index contributed by atoms with van der Waals surface area (Å²) in [5, 5.41) is 2.79. The fourth-order valence-electron chi connectivity index (χ4n) is 2.29. The molecule has 0 heterocycles. The standard InChI is InChI=1S/C21H31NO5/c1-20(2,3)11-18(24)26-16-9-8-14(15(23)13-22-7)10-17(16)27-19(25)12-21(4,5)6/h8-10,22H,11-13H2,1-7H3. The van der Waals surface area contributed by atoms with Crippen LogP contribution in [0.3, 0.4) is 0 Å². The number of hydrogen-bond donors (Lipinski definition) is 1. The van der Waals surface area contributed by atoms with Gasteiger partial charge in [0.05, 0.1) is 19.4 Å². The number of Topliss-reactive ketones (excluding diaryl/α,β-unsaturated/α-hetero) is 1. The molecule has 27 heavy (non-hydrogen) atoms. The lowest BCUT2D eigenvalue weighted by molar-refractivity contribution is -0.139. The minimum absolute atomic E-state index is 0.0773. The van der Waals surface area contributed by atoms with Crippen molar-refractivity contribution in [1.82, 2.24) is 5.32 Å². The monoisotopic (exact) mass is 377 g/mol. The van der Waals surface area contributed by atoms with Gasteiger partial charge in [0, 0.05) is 5.56 Å². The van der Waals surface area contributed by atoms with Crippen molar-refractivity contribution < 1.29 is 23.9 Å². The first-order valence-electron chi connectivity index (χ1n) is 9.04.